The Morgan fingerprint density at radius 2 is 0.483 bits per heavy atom. The fraction of sp³-hybridized carbons (Fsp3) is 0. The van der Waals surface area contributed by atoms with E-state index < -0.39 is 0 Å². The highest BCUT2D eigenvalue weighted by atomic mass is 14.2. The van der Waals surface area contributed by atoms with Crippen LogP contribution in [0, 0.1) is 0 Å². The number of rotatable bonds is 4. The molecule has 12 aromatic rings. The Bertz CT molecular complexity index is 3370. The molecule has 0 aromatic heterocycles. The van der Waals surface area contributed by atoms with Gasteiger partial charge in [-0.3, -0.25) is 0 Å². The summed E-state index contributed by atoms with van der Waals surface area (Å²) >= 11 is 0. The lowest BCUT2D eigenvalue weighted by Crippen LogP contribution is -1.91. The van der Waals surface area contributed by atoms with Crippen LogP contribution in [-0.4, -0.2) is 0 Å². The molecule has 0 aliphatic carbocycles. The normalized spacial score (nSPS) is 11.8. The van der Waals surface area contributed by atoms with Crippen molar-refractivity contribution in [2.24, 2.45) is 0 Å². The van der Waals surface area contributed by atoms with E-state index in [1.54, 1.807) is 0 Å². The summed E-state index contributed by atoms with van der Waals surface area (Å²) in [5, 5.41) is 17.9. The van der Waals surface area contributed by atoms with Gasteiger partial charge in [0.05, 0.1) is 0 Å². The van der Waals surface area contributed by atoms with E-state index in [1.165, 1.54) is 120 Å². The van der Waals surface area contributed by atoms with Crippen LogP contribution in [0.4, 0.5) is 0 Å². The Labute approximate surface area is 336 Å². The third-order valence-electron chi connectivity index (χ3n) is 12.4. The van der Waals surface area contributed by atoms with E-state index in [1.807, 2.05) is 0 Å². The molecule has 268 valence electrons. The van der Waals surface area contributed by atoms with Crippen LogP contribution in [0.15, 0.2) is 218 Å². The van der Waals surface area contributed by atoms with Gasteiger partial charge in [-0.05, 0) is 132 Å². The summed E-state index contributed by atoms with van der Waals surface area (Å²) in [6, 6.07) is 80.8. The van der Waals surface area contributed by atoms with Crippen molar-refractivity contribution in [3.05, 3.63) is 218 Å². The van der Waals surface area contributed by atoms with Crippen molar-refractivity contribution in [1.29, 1.82) is 0 Å². The van der Waals surface area contributed by atoms with Crippen molar-refractivity contribution in [2.45, 2.75) is 0 Å². The Morgan fingerprint density at radius 3 is 0.931 bits per heavy atom. The zero-order valence-corrected chi connectivity index (χ0v) is 31.8. The molecule has 0 fully saturated rings. The van der Waals surface area contributed by atoms with Gasteiger partial charge in [0.2, 0.25) is 0 Å². The molecule has 0 bridgehead atoms. The van der Waals surface area contributed by atoms with Crippen LogP contribution in [0.1, 0.15) is 0 Å². The first kappa shape index (κ1) is 32.7. The van der Waals surface area contributed by atoms with Gasteiger partial charge in [-0.1, -0.05) is 206 Å². The molecule has 0 heteroatoms. The first-order valence-corrected chi connectivity index (χ1v) is 20.2. The number of benzene rings is 12. The third-order valence-corrected chi connectivity index (χ3v) is 12.4. The highest BCUT2D eigenvalue weighted by Crippen LogP contribution is 2.47. The van der Waals surface area contributed by atoms with E-state index in [-0.39, 0.29) is 0 Å². The maximum Gasteiger partial charge on any atom is -0.00139 e. The van der Waals surface area contributed by atoms with E-state index in [0.29, 0.717) is 0 Å². The van der Waals surface area contributed by atoms with Gasteiger partial charge in [0.15, 0.2) is 0 Å². The molecule has 0 aliphatic rings. The summed E-state index contributed by atoms with van der Waals surface area (Å²) < 4.78 is 0. The fourth-order valence-corrected chi connectivity index (χ4v) is 9.87. The van der Waals surface area contributed by atoms with Gasteiger partial charge >= 0.3 is 0 Å². The zero-order valence-electron chi connectivity index (χ0n) is 31.8. The molecule has 12 aromatic carbocycles. The van der Waals surface area contributed by atoms with E-state index in [0.717, 1.165) is 0 Å². The molecule has 0 N–H and O–H groups in total. The van der Waals surface area contributed by atoms with Crippen LogP contribution < -0.4 is 0 Å². The Hall–Kier alpha value is -7.54. The molecule has 0 unspecified atom stereocenters. The van der Waals surface area contributed by atoms with Gasteiger partial charge < -0.3 is 0 Å². The SMILES string of the molecule is c1ccc(-c2cccc3ccccc23)c(-c2ccc3c(c2)c2ccccc2c2c4ccc(-c5ccccc5-c5cccc6ccccc56)cc4c4ccccc4c32)c1. The van der Waals surface area contributed by atoms with Crippen LogP contribution in [0.3, 0.4) is 0 Å². The Balaban J connectivity index is 1.11. The molecule has 0 nitrogen and oxygen atoms in total. The van der Waals surface area contributed by atoms with E-state index in [9.17, 15) is 0 Å². The summed E-state index contributed by atoms with van der Waals surface area (Å²) in [5.41, 5.74) is 9.94. The molecule has 0 aliphatic heterocycles. The van der Waals surface area contributed by atoms with Crippen LogP contribution >= 0.6 is 0 Å². The highest BCUT2D eigenvalue weighted by molar-refractivity contribution is 6.39. The van der Waals surface area contributed by atoms with Crippen molar-refractivity contribution in [1.82, 2.24) is 0 Å². The van der Waals surface area contributed by atoms with Gasteiger partial charge in [-0.2, -0.15) is 0 Å². The predicted octanol–water partition coefficient (Wildman–Crippen LogP) is 16.4. The lowest BCUT2D eigenvalue weighted by molar-refractivity contribution is 1.62. The minimum Gasteiger partial charge on any atom is -0.0616 e. The minimum absolute atomic E-state index is 1.22. The van der Waals surface area contributed by atoms with Crippen molar-refractivity contribution >= 4 is 75.4 Å². The largest absolute Gasteiger partial charge is 0.0616 e. The van der Waals surface area contributed by atoms with Crippen molar-refractivity contribution in [2.75, 3.05) is 0 Å². The first-order valence-electron chi connectivity index (χ1n) is 20.2. The lowest BCUT2D eigenvalue weighted by atomic mass is 9.84. The second-order valence-corrected chi connectivity index (χ2v) is 15.5. The average molecular weight is 733 g/mol. The van der Waals surface area contributed by atoms with E-state index >= 15 is 0 Å². The molecule has 0 spiro atoms. The minimum atomic E-state index is 1.22. The summed E-state index contributed by atoms with van der Waals surface area (Å²) in [7, 11) is 0. The van der Waals surface area contributed by atoms with Crippen molar-refractivity contribution < 1.29 is 0 Å². The van der Waals surface area contributed by atoms with Gasteiger partial charge in [0, 0.05) is 0 Å². The van der Waals surface area contributed by atoms with E-state index in [4.69, 9.17) is 0 Å². The first-order chi connectivity index (χ1) is 28.8. The maximum atomic E-state index is 2.44. The summed E-state index contributed by atoms with van der Waals surface area (Å²) in [6.45, 7) is 0. The highest BCUT2D eigenvalue weighted by Gasteiger charge is 2.19. The molecule has 0 saturated heterocycles. The summed E-state index contributed by atoms with van der Waals surface area (Å²) in [4.78, 5) is 0. The van der Waals surface area contributed by atoms with Crippen LogP contribution in [0.25, 0.3) is 120 Å². The lowest BCUT2D eigenvalue weighted by Gasteiger charge is -2.19. The van der Waals surface area contributed by atoms with Crippen molar-refractivity contribution in [3.8, 4) is 44.5 Å². The summed E-state index contributed by atoms with van der Waals surface area (Å²) in [5.74, 6) is 0. The monoisotopic (exact) mass is 732 g/mol. The quantitative estimate of drug-likeness (QED) is 0.158. The average Bonchev–Trinajstić information content (AvgIpc) is 3.30. The van der Waals surface area contributed by atoms with Gasteiger partial charge in [0.1, 0.15) is 0 Å². The van der Waals surface area contributed by atoms with Gasteiger partial charge in [0.25, 0.3) is 0 Å². The molecular weight excluding hydrogens is 697 g/mol. The molecule has 0 radical (unpaired) electrons. The zero-order chi connectivity index (χ0) is 38.2. The van der Waals surface area contributed by atoms with Crippen LogP contribution in [0.5, 0.6) is 0 Å². The number of hydrogen-bond donors (Lipinski definition) is 0. The Morgan fingerprint density at radius 1 is 0.172 bits per heavy atom. The van der Waals surface area contributed by atoms with E-state index in [2.05, 4.69) is 218 Å². The molecule has 58 heavy (non-hydrogen) atoms. The topological polar surface area (TPSA) is 0 Å². The second kappa shape index (κ2) is 13.0. The summed E-state index contributed by atoms with van der Waals surface area (Å²) in [6.07, 6.45) is 0. The molecule has 0 atom stereocenters. The molecular formula is C58H36. The smallest absolute Gasteiger partial charge is 0.00139 e. The molecule has 12 rings (SSSR count). The molecule has 0 heterocycles. The van der Waals surface area contributed by atoms with Crippen molar-refractivity contribution in [3.63, 3.8) is 0 Å². The molecule has 0 amide bonds. The standard InChI is InChI=1S/C58H36/c1-3-19-41-37(15-1)17-13-29-47(41)45-23-7-5-21-43(45)39-31-33-53-55(35-39)49-25-9-11-27-51(49)58-54-34-32-40(36-56(54)50-26-10-12-28-52(50)57(53)58)44-22-6-8-24-46(44)48-30-14-18-38-16-2-4-20-42(38)48/h1-36H. The third kappa shape index (κ3) is 4.95. The van der Waals surface area contributed by atoms with Gasteiger partial charge in [-0.25, -0.2) is 0 Å². The fourth-order valence-electron chi connectivity index (χ4n) is 9.87. The number of fused-ring (bicyclic) bond motifs is 13. The maximum absolute atomic E-state index is 2.44. The second-order valence-electron chi connectivity index (χ2n) is 15.5. The predicted molar refractivity (Wildman–Crippen MR) is 251 cm³/mol. The van der Waals surface area contributed by atoms with Gasteiger partial charge in [-0.15, -0.1) is 0 Å². The van der Waals surface area contributed by atoms with Crippen LogP contribution in [-0.2, 0) is 0 Å². The van der Waals surface area contributed by atoms with Crippen LogP contribution in [0.2, 0.25) is 0 Å². The molecule has 0 saturated carbocycles. The number of hydrogen-bond acceptors (Lipinski definition) is 0. The Kier molecular flexibility index (Phi) is 7.33.